The van der Waals surface area contributed by atoms with E-state index in [2.05, 4.69) is 30.9 Å². The maximum absolute atomic E-state index is 12.8. The van der Waals surface area contributed by atoms with Gasteiger partial charge in [0.05, 0.1) is 35.6 Å². The van der Waals surface area contributed by atoms with E-state index in [1.807, 2.05) is 30.3 Å². The molecule has 0 unspecified atom stereocenters. The molecule has 2 amide bonds. The van der Waals surface area contributed by atoms with E-state index in [0.29, 0.717) is 39.7 Å². The summed E-state index contributed by atoms with van der Waals surface area (Å²) in [6, 6.07) is 22.8. The first-order valence-corrected chi connectivity index (χ1v) is 11.9. The van der Waals surface area contributed by atoms with Crippen molar-refractivity contribution < 1.29 is 14.6 Å². The zero-order valence-corrected chi connectivity index (χ0v) is 20.5. The predicted molar refractivity (Wildman–Crippen MR) is 148 cm³/mol. The quantitative estimate of drug-likeness (QED) is 0.178. The number of H-pyrrole nitrogens is 2. The van der Waals surface area contributed by atoms with Crippen LogP contribution in [-0.2, 0) is 0 Å². The van der Waals surface area contributed by atoms with Crippen molar-refractivity contribution in [2.24, 2.45) is 0 Å². The lowest BCUT2D eigenvalue weighted by atomic mass is 10.1. The number of imidazole rings is 1. The number of benzene rings is 3. The number of aliphatic hydroxyl groups excluding tert-OH is 1. The Bertz CT molecular complexity index is 1630. The Morgan fingerprint density at radius 3 is 2.63 bits per heavy atom. The fourth-order valence-electron chi connectivity index (χ4n) is 4.10. The summed E-state index contributed by atoms with van der Waals surface area (Å²) in [5.74, 6) is 0.942. The van der Waals surface area contributed by atoms with Crippen molar-refractivity contribution in [3.05, 3.63) is 101 Å². The first kappa shape index (κ1) is 24.6. The first-order valence-electron chi connectivity index (χ1n) is 11.9. The van der Waals surface area contributed by atoms with Crippen LogP contribution in [0.3, 0.4) is 0 Å². The minimum Gasteiger partial charge on any atom is -0.497 e. The maximum Gasteiger partial charge on any atom is 0.323 e. The molecule has 3 aromatic carbocycles. The normalized spacial score (nSPS) is 11.6. The second-order valence-electron chi connectivity index (χ2n) is 8.50. The molecule has 10 nitrogen and oxygen atoms in total. The van der Waals surface area contributed by atoms with Crippen molar-refractivity contribution in [2.45, 2.75) is 6.10 Å². The van der Waals surface area contributed by atoms with Crippen LogP contribution in [-0.4, -0.2) is 39.7 Å². The molecule has 0 saturated heterocycles. The van der Waals surface area contributed by atoms with E-state index in [1.54, 1.807) is 55.6 Å². The predicted octanol–water partition coefficient (Wildman–Crippen LogP) is 4.72. The number of para-hydroxylation sites is 1. The number of nitrogens with one attached hydrogen (secondary N) is 5. The van der Waals surface area contributed by atoms with Gasteiger partial charge in [-0.05, 0) is 35.9 Å². The average Bonchev–Trinajstić information content (AvgIpc) is 3.37. The Labute approximate surface area is 217 Å². The number of aromatic amines is 2. The second-order valence-corrected chi connectivity index (χ2v) is 8.50. The molecule has 0 aliphatic heterocycles. The van der Waals surface area contributed by atoms with Crippen molar-refractivity contribution >= 4 is 34.1 Å². The smallest absolute Gasteiger partial charge is 0.323 e. The van der Waals surface area contributed by atoms with Gasteiger partial charge in [-0.1, -0.05) is 42.5 Å². The van der Waals surface area contributed by atoms with Crippen LogP contribution in [0, 0.1) is 0 Å². The molecule has 192 valence electrons. The number of anilines is 3. The molecule has 0 fully saturated rings. The Balaban J connectivity index is 1.39. The van der Waals surface area contributed by atoms with Gasteiger partial charge < -0.3 is 35.8 Å². The maximum atomic E-state index is 12.8. The van der Waals surface area contributed by atoms with E-state index in [1.165, 1.54) is 6.20 Å². The summed E-state index contributed by atoms with van der Waals surface area (Å²) in [6.45, 7) is 0.192. The molecular weight excluding hydrogens is 484 g/mol. The molecular formula is C28H26N6O4. The number of ether oxygens (including phenoxy) is 1. The third-order valence-corrected chi connectivity index (χ3v) is 5.96. The summed E-state index contributed by atoms with van der Waals surface area (Å²) < 4.78 is 5.20. The molecule has 0 bridgehead atoms. The van der Waals surface area contributed by atoms with Gasteiger partial charge in [-0.25, -0.2) is 9.78 Å². The Morgan fingerprint density at radius 2 is 1.82 bits per heavy atom. The minimum absolute atomic E-state index is 0.192. The standard InChI is InChI=1S/C28H26N6O4/c1-38-19-10-5-9-18(15-19)31-28(37)33-22-12-6-11-21-25(22)34-26(32-21)24-20(13-14-29-27(24)36)30-16-23(35)17-7-3-2-4-8-17/h2-15,23,35H,16H2,1H3,(H,32,34)(H2,29,30,36)(H2,31,33,37)/t23-/m0/s1. The van der Waals surface area contributed by atoms with Gasteiger partial charge in [-0.3, -0.25) is 4.79 Å². The van der Waals surface area contributed by atoms with Crippen molar-refractivity contribution in [3.8, 4) is 17.1 Å². The fourth-order valence-corrected chi connectivity index (χ4v) is 4.10. The number of hydrogen-bond donors (Lipinski definition) is 6. The van der Waals surface area contributed by atoms with Gasteiger partial charge in [0.15, 0.2) is 0 Å². The summed E-state index contributed by atoms with van der Waals surface area (Å²) in [7, 11) is 1.56. The summed E-state index contributed by atoms with van der Waals surface area (Å²) in [5.41, 5.74) is 3.39. The van der Waals surface area contributed by atoms with E-state index in [9.17, 15) is 14.7 Å². The number of amides is 2. The van der Waals surface area contributed by atoms with E-state index in [0.717, 1.165) is 5.56 Å². The van der Waals surface area contributed by atoms with Gasteiger partial charge in [-0.2, -0.15) is 0 Å². The van der Waals surface area contributed by atoms with Gasteiger partial charge in [0.2, 0.25) is 0 Å². The van der Waals surface area contributed by atoms with Crippen LogP contribution in [0.15, 0.2) is 89.9 Å². The largest absolute Gasteiger partial charge is 0.497 e. The van der Waals surface area contributed by atoms with Crippen molar-refractivity contribution in [2.75, 3.05) is 29.6 Å². The molecule has 0 spiro atoms. The number of hydrogen-bond acceptors (Lipinski definition) is 6. The monoisotopic (exact) mass is 510 g/mol. The highest BCUT2D eigenvalue weighted by Crippen LogP contribution is 2.28. The molecule has 2 aromatic heterocycles. The zero-order valence-electron chi connectivity index (χ0n) is 20.5. The van der Waals surface area contributed by atoms with Crippen LogP contribution in [0.1, 0.15) is 11.7 Å². The summed E-state index contributed by atoms with van der Waals surface area (Å²) in [4.78, 5) is 36.0. The summed E-state index contributed by atoms with van der Waals surface area (Å²) >= 11 is 0. The van der Waals surface area contributed by atoms with Crippen LogP contribution < -0.4 is 26.2 Å². The molecule has 10 heteroatoms. The van der Waals surface area contributed by atoms with E-state index < -0.39 is 12.1 Å². The fraction of sp³-hybridized carbons (Fsp3) is 0.107. The number of aromatic nitrogens is 3. The number of urea groups is 1. The molecule has 38 heavy (non-hydrogen) atoms. The van der Waals surface area contributed by atoms with Crippen LogP contribution in [0.2, 0.25) is 0 Å². The lowest BCUT2D eigenvalue weighted by Gasteiger charge is -2.14. The second kappa shape index (κ2) is 10.9. The molecule has 0 radical (unpaired) electrons. The lowest BCUT2D eigenvalue weighted by molar-refractivity contribution is 0.191. The van der Waals surface area contributed by atoms with Crippen LogP contribution in [0.25, 0.3) is 22.4 Å². The van der Waals surface area contributed by atoms with Crippen molar-refractivity contribution in [1.82, 2.24) is 15.0 Å². The first-order chi connectivity index (χ1) is 18.5. The molecule has 5 aromatic rings. The third kappa shape index (κ3) is 5.35. The molecule has 0 aliphatic carbocycles. The summed E-state index contributed by atoms with van der Waals surface area (Å²) in [6.07, 6.45) is 0.764. The third-order valence-electron chi connectivity index (χ3n) is 5.96. The van der Waals surface area contributed by atoms with Gasteiger partial charge in [0.25, 0.3) is 5.56 Å². The molecule has 0 saturated carbocycles. The van der Waals surface area contributed by atoms with E-state index in [4.69, 9.17) is 4.74 Å². The van der Waals surface area contributed by atoms with Crippen LogP contribution >= 0.6 is 0 Å². The Kier molecular flexibility index (Phi) is 7.05. The molecule has 6 N–H and O–H groups in total. The van der Waals surface area contributed by atoms with E-state index >= 15 is 0 Å². The molecule has 0 aliphatic rings. The van der Waals surface area contributed by atoms with Gasteiger partial charge in [-0.15, -0.1) is 0 Å². The van der Waals surface area contributed by atoms with Gasteiger partial charge in [0.1, 0.15) is 17.1 Å². The molecule has 2 heterocycles. The number of carbonyl (C=O) groups excluding carboxylic acids is 1. The van der Waals surface area contributed by atoms with Gasteiger partial charge in [0, 0.05) is 24.5 Å². The number of rotatable bonds is 8. The van der Waals surface area contributed by atoms with Crippen molar-refractivity contribution in [3.63, 3.8) is 0 Å². The Hall–Kier alpha value is -5.09. The Morgan fingerprint density at radius 1 is 1.00 bits per heavy atom. The molecule has 5 rings (SSSR count). The highest BCUT2D eigenvalue weighted by atomic mass is 16.5. The number of fused-ring (bicyclic) bond motifs is 1. The summed E-state index contributed by atoms with van der Waals surface area (Å²) in [5, 5.41) is 19.3. The van der Waals surface area contributed by atoms with Crippen LogP contribution in [0.4, 0.5) is 21.9 Å². The topological polar surface area (TPSA) is 144 Å². The number of nitrogens with zero attached hydrogens (tertiary/aromatic N) is 1. The lowest BCUT2D eigenvalue weighted by Crippen LogP contribution is -2.19. The SMILES string of the molecule is COc1cccc(NC(=O)Nc2cccc3nc(-c4c(NC[C@H](O)c5ccccc5)cc[nH]c4=O)[nH]c23)c1. The number of carbonyl (C=O) groups is 1. The highest BCUT2D eigenvalue weighted by molar-refractivity contribution is 6.05. The van der Waals surface area contributed by atoms with Crippen LogP contribution in [0.5, 0.6) is 5.75 Å². The average molecular weight is 511 g/mol. The minimum atomic E-state index is -0.766. The zero-order chi connectivity index (χ0) is 26.5. The molecule has 1 atom stereocenters. The number of aliphatic hydroxyl groups is 1. The van der Waals surface area contributed by atoms with Gasteiger partial charge >= 0.3 is 6.03 Å². The number of pyridine rings is 1. The highest BCUT2D eigenvalue weighted by Gasteiger charge is 2.17. The van der Waals surface area contributed by atoms with E-state index in [-0.39, 0.29) is 17.7 Å². The van der Waals surface area contributed by atoms with Crippen molar-refractivity contribution in [1.29, 1.82) is 0 Å². The number of methoxy groups -OCH3 is 1.